The summed E-state index contributed by atoms with van der Waals surface area (Å²) in [6.07, 6.45) is 65.2. The van der Waals surface area contributed by atoms with Gasteiger partial charge in [-0.1, -0.05) is 249 Å². The molecule has 0 bridgehead atoms. The molecule has 6 nitrogen and oxygen atoms in total. The third-order valence-corrected chi connectivity index (χ3v) is 12.3. The summed E-state index contributed by atoms with van der Waals surface area (Å²) in [6.45, 7) is 6.54. The molecule has 6 heteroatoms. The molecule has 0 aliphatic rings. The fourth-order valence-corrected chi connectivity index (χ4v) is 8.12. The molecule has 0 aromatic heterocycles. The number of ether oxygens (including phenoxy) is 3. The maximum atomic E-state index is 12.8. The maximum absolute atomic E-state index is 12.8. The molecule has 0 fully saturated rings. The van der Waals surface area contributed by atoms with E-state index >= 15 is 0 Å². The van der Waals surface area contributed by atoms with E-state index in [-0.39, 0.29) is 31.1 Å². The van der Waals surface area contributed by atoms with Gasteiger partial charge in [0, 0.05) is 19.3 Å². The zero-order valence-electron chi connectivity index (χ0n) is 43.3. The number of esters is 3. The van der Waals surface area contributed by atoms with Crippen molar-refractivity contribution in [1.82, 2.24) is 0 Å². The van der Waals surface area contributed by atoms with Gasteiger partial charge in [0.15, 0.2) is 6.10 Å². The number of carbonyl (C=O) groups is 3. The Morgan fingerprint density at radius 1 is 0.338 bits per heavy atom. The second-order valence-electron chi connectivity index (χ2n) is 18.9. The summed E-state index contributed by atoms with van der Waals surface area (Å²) < 4.78 is 16.8. The lowest BCUT2D eigenvalue weighted by molar-refractivity contribution is -0.167. The predicted octanol–water partition coefficient (Wildman–Crippen LogP) is 18.7. The predicted molar refractivity (Wildman–Crippen MR) is 279 cm³/mol. The highest BCUT2D eigenvalue weighted by molar-refractivity contribution is 5.71. The van der Waals surface area contributed by atoms with E-state index in [1.165, 1.54) is 154 Å². The van der Waals surface area contributed by atoms with Crippen LogP contribution in [0.3, 0.4) is 0 Å². The van der Waals surface area contributed by atoms with E-state index < -0.39 is 6.10 Å². The first-order valence-corrected chi connectivity index (χ1v) is 28.2. The summed E-state index contributed by atoms with van der Waals surface area (Å²) in [6, 6.07) is 0. The molecule has 0 aliphatic carbocycles. The number of hydrogen-bond acceptors (Lipinski definition) is 6. The molecule has 0 saturated heterocycles. The lowest BCUT2D eigenvalue weighted by Gasteiger charge is -2.18. The molecule has 378 valence electrons. The molecule has 0 N–H and O–H groups in total. The van der Waals surface area contributed by atoms with Crippen LogP contribution in [-0.2, 0) is 28.6 Å². The Balaban J connectivity index is 4.38. The van der Waals surface area contributed by atoms with Gasteiger partial charge < -0.3 is 14.2 Å². The molecular formula is C59H106O6. The third kappa shape index (κ3) is 52.2. The van der Waals surface area contributed by atoms with Crippen LogP contribution in [0.4, 0.5) is 0 Å². The molecule has 0 radical (unpaired) electrons. The lowest BCUT2D eigenvalue weighted by atomic mass is 10.0. The van der Waals surface area contributed by atoms with Crippen LogP contribution in [0.2, 0.25) is 0 Å². The quantitative estimate of drug-likeness (QED) is 0.0199. The topological polar surface area (TPSA) is 78.9 Å². The van der Waals surface area contributed by atoms with Crippen molar-refractivity contribution in [2.45, 2.75) is 297 Å². The highest BCUT2D eigenvalue weighted by Gasteiger charge is 2.19. The van der Waals surface area contributed by atoms with Gasteiger partial charge in [-0.15, -0.1) is 0 Å². The Kier molecular flexibility index (Phi) is 51.8. The van der Waals surface area contributed by atoms with Crippen LogP contribution in [-0.4, -0.2) is 37.2 Å². The molecule has 0 spiro atoms. The number of allylic oxidation sites excluding steroid dienone is 8. The van der Waals surface area contributed by atoms with Crippen LogP contribution >= 0.6 is 0 Å². The van der Waals surface area contributed by atoms with Gasteiger partial charge in [-0.25, -0.2) is 0 Å². The summed E-state index contributed by atoms with van der Waals surface area (Å²) >= 11 is 0. The van der Waals surface area contributed by atoms with Crippen molar-refractivity contribution in [2.24, 2.45) is 0 Å². The summed E-state index contributed by atoms with van der Waals surface area (Å²) in [5, 5.41) is 0. The maximum Gasteiger partial charge on any atom is 0.306 e. The Bertz CT molecular complexity index is 1140. The zero-order chi connectivity index (χ0) is 47.2. The van der Waals surface area contributed by atoms with Crippen LogP contribution < -0.4 is 0 Å². The van der Waals surface area contributed by atoms with E-state index in [9.17, 15) is 14.4 Å². The molecular weight excluding hydrogens is 805 g/mol. The minimum atomic E-state index is -0.780. The number of hydrogen-bond donors (Lipinski definition) is 0. The second-order valence-corrected chi connectivity index (χ2v) is 18.9. The second kappa shape index (κ2) is 54.0. The third-order valence-electron chi connectivity index (χ3n) is 12.3. The van der Waals surface area contributed by atoms with Crippen LogP contribution in [0.5, 0.6) is 0 Å². The Morgan fingerprint density at radius 2 is 0.646 bits per heavy atom. The van der Waals surface area contributed by atoms with Crippen LogP contribution in [0.1, 0.15) is 290 Å². The molecule has 0 rings (SSSR count). The normalized spacial score (nSPS) is 12.4. The van der Waals surface area contributed by atoms with Crippen LogP contribution in [0.25, 0.3) is 0 Å². The summed E-state index contributed by atoms with van der Waals surface area (Å²) in [5.74, 6) is -0.889. The van der Waals surface area contributed by atoms with Crippen molar-refractivity contribution in [2.75, 3.05) is 13.2 Å². The minimum Gasteiger partial charge on any atom is -0.462 e. The first-order chi connectivity index (χ1) is 32.0. The molecule has 1 unspecified atom stereocenters. The van der Waals surface area contributed by atoms with E-state index in [0.29, 0.717) is 19.3 Å². The molecule has 0 amide bonds. The number of carbonyl (C=O) groups excluding carboxylic acids is 3. The van der Waals surface area contributed by atoms with Gasteiger partial charge in [-0.2, -0.15) is 0 Å². The van der Waals surface area contributed by atoms with Crippen molar-refractivity contribution >= 4 is 17.9 Å². The van der Waals surface area contributed by atoms with Crippen LogP contribution in [0.15, 0.2) is 48.6 Å². The van der Waals surface area contributed by atoms with Crippen molar-refractivity contribution in [3.05, 3.63) is 48.6 Å². The first-order valence-electron chi connectivity index (χ1n) is 28.2. The minimum absolute atomic E-state index is 0.0799. The largest absolute Gasteiger partial charge is 0.462 e. The monoisotopic (exact) mass is 911 g/mol. The average Bonchev–Trinajstić information content (AvgIpc) is 3.30. The van der Waals surface area contributed by atoms with Gasteiger partial charge in [-0.05, 0) is 70.6 Å². The van der Waals surface area contributed by atoms with E-state index in [2.05, 4.69) is 69.4 Å². The lowest BCUT2D eigenvalue weighted by Crippen LogP contribution is -2.30. The van der Waals surface area contributed by atoms with Crippen molar-refractivity contribution in [3.8, 4) is 0 Å². The summed E-state index contributed by atoms with van der Waals surface area (Å²) in [5.41, 5.74) is 0. The molecule has 65 heavy (non-hydrogen) atoms. The summed E-state index contributed by atoms with van der Waals surface area (Å²) in [4.78, 5) is 38.1. The summed E-state index contributed by atoms with van der Waals surface area (Å²) in [7, 11) is 0. The van der Waals surface area contributed by atoms with E-state index in [1.807, 2.05) is 0 Å². The van der Waals surface area contributed by atoms with Crippen molar-refractivity contribution < 1.29 is 28.6 Å². The standard InChI is InChI=1S/C59H106O6/c1-4-7-10-13-16-19-22-25-28-29-30-32-34-37-40-43-46-49-52-58(61)64-55-56(54-63-57(60)51-48-45-42-39-36-33-27-24-21-18-15-12-9-6-3)65-59(62)53-50-47-44-41-38-35-31-26-23-20-17-14-11-8-5-2/h9,12,18,21,28-30,32,56H,4-8,10-11,13-17,19-20,22-27,31,33-55H2,1-3H3/b12-9-,21-18-,29-28-,32-30-. The van der Waals surface area contributed by atoms with Gasteiger partial charge in [0.2, 0.25) is 0 Å². The van der Waals surface area contributed by atoms with Gasteiger partial charge in [0.1, 0.15) is 13.2 Å². The molecule has 0 heterocycles. The highest BCUT2D eigenvalue weighted by atomic mass is 16.6. The molecule has 0 saturated carbocycles. The van der Waals surface area contributed by atoms with Gasteiger partial charge >= 0.3 is 17.9 Å². The Morgan fingerprint density at radius 3 is 1.02 bits per heavy atom. The van der Waals surface area contributed by atoms with Crippen molar-refractivity contribution in [1.29, 1.82) is 0 Å². The molecule has 0 aliphatic heterocycles. The first kappa shape index (κ1) is 62.4. The molecule has 0 aromatic rings. The number of unbranched alkanes of at least 4 members (excludes halogenated alkanes) is 33. The van der Waals surface area contributed by atoms with E-state index in [0.717, 1.165) is 96.3 Å². The van der Waals surface area contributed by atoms with Crippen molar-refractivity contribution in [3.63, 3.8) is 0 Å². The Labute approximate surface area is 403 Å². The zero-order valence-corrected chi connectivity index (χ0v) is 43.3. The van der Waals surface area contributed by atoms with Crippen LogP contribution in [0, 0.1) is 0 Å². The van der Waals surface area contributed by atoms with Gasteiger partial charge in [-0.3, -0.25) is 14.4 Å². The van der Waals surface area contributed by atoms with Gasteiger partial charge in [0.05, 0.1) is 0 Å². The highest BCUT2D eigenvalue weighted by Crippen LogP contribution is 2.16. The smallest absolute Gasteiger partial charge is 0.306 e. The molecule has 0 aromatic carbocycles. The van der Waals surface area contributed by atoms with E-state index in [1.54, 1.807) is 0 Å². The SMILES string of the molecule is CC/C=C\C/C=C\CCCCCCCCCC(=O)OCC(COC(=O)CCCCCCC/C=C\C=C/CCCCCCCCC)OC(=O)CCCCCCCCCCCCCCCCC. The fourth-order valence-electron chi connectivity index (χ4n) is 8.12. The molecule has 1 atom stereocenters. The average molecular weight is 911 g/mol. The Hall–Kier alpha value is -2.63. The van der Waals surface area contributed by atoms with Gasteiger partial charge in [0.25, 0.3) is 0 Å². The number of rotatable bonds is 51. The van der Waals surface area contributed by atoms with E-state index in [4.69, 9.17) is 14.2 Å². The fraction of sp³-hybridized carbons (Fsp3) is 0.814.